The molecule has 0 fully saturated rings. The van der Waals surface area contributed by atoms with Crippen LogP contribution in [-0.2, 0) is 0 Å². The summed E-state index contributed by atoms with van der Waals surface area (Å²) >= 11 is 0. The van der Waals surface area contributed by atoms with Crippen LogP contribution in [0.5, 0.6) is 5.75 Å². The second-order valence-corrected chi connectivity index (χ2v) is 13.6. The van der Waals surface area contributed by atoms with Gasteiger partial charge in [0.25, 0.3) is 0 Å². The van der Waals surface area contributed by atoms with Gasteiger partial charge in [0.2, 0.25) is 0 Å². The predicted molar refractivity (Wildman–Crippen MR) is 166 cm³/mol. The van der Waals surface area contributed by atoms with Gasteiger partial charge in [0, 0.05) is 0 Å². The molecule has 0 aromatic heterocycles. The molecule has 0 aliphatic heterocycles. The van der Waals surface area contributed by atoms with E-state index in [0.717, 1.165) is 41.9 Å². The molecule has 0 spiro atoms. The van der Waals surface area contributed by atoms with Crippen LogP contribution in [0, 0.1) is 35.5 Å². The molecule has 0 aliphatic carbocycles. The summed E-state index contributed by atoms with van der Waals surface area (Å²) in [5.74, 6) is 6.13. The molecule has 5 unspecified atom stereocenters. The van der Waals surface area contributed by atoms with Crippen LogP contribution in [-0.4, -0.2) is 6.61 Å². The first-order valence-corrected chi connectivity index (χ1v) is 16.4. The van der Waals surface area contributed by atoms with E-state index in [1.54, 1.807) is 0 Å². The number of unbranched alkanes of at least 4 members (excludes halogenated alkanes) is 1. The molecule has 0 saturated heterocycles. The molecule has 5 atom stereocenters. The van der Waals surface area contributed by atoms with Crippen LogP contribution >= 0.6 is 0 Å². The monoisotopic (exact) mass is 515 g/mol. The van der Waals surface area contributed by atoms with Crippen molar-refractivity contribution in [2.45, 2.75) is 151 Å². The zero-order chi connectivity index (χ0) is 27.3. The van der Waals surface area contributed by atoms with Crippen molar-refractivity contribution < 1.29 is 4.74 Å². The minimum absolute atomic E-state index is 0.637. The number of benzene rings is 1. The maximum atomic E-state index is 5.91. The van der Waals surface area contributed by atoms with E-state index in [9.17, 15) is 0 Å². The number of hydrogen-bond donors (Lipinski definition) is 0. The maximum absolute atomic E-state index is 5.91. The van der Waals surface area contributed by atoms with Gasteiger partial charge in [0.15, 0.2) is 0 Å². The van der Waals surface area contributed by atoms with Gasteiger partial charge in [-0.25, -0.2) is 0 Å². The van der Waals surface area contributed by atoms with Gasteiger partial charge in [-0.3, -0.25) is 0 Å². The Balaban J connectivity index is 1.94. The van der Waals surface area contributed by atoms with Crippen LogP contribution in [0.15, 0.2) is 30.3 Å². The highest BCUT2D eigenvalue weighted by Gasteiger charge is 2.10. The summed E-state index contributed by atoms with van der Waals surface area (Å²) in [6, 6.07) is 10.2. The SMILES string of the molecule is CC(C)CCCC(C)CCCC(C)CCCCC(C)CCCC(C)CCCC(C)COc1ccccc1. The molecule has 0 amide bonds. The Kier molecular flexibility index (Phi) is 20.2. The summed E-state index contributed by atoms with van der Waals surface area (Å²) in [6.45, 7) is 17.8. The van der Waals surface area contributed by atoms with Crippen molar-refractivity contribution in [3.05, 3.63) is 30.3 Å². The van der Waals surface area contributed by atoms with Gasteiger partial charge < -0.3 is 4.74 Å². The second kappa shape index (κ2) is 21.9. The molecular weight excluding hydrogens is 448 g/mol. The largest absolute Gasteiger partial charge is 0.493 e. The van der Waals surface area contributed by atoms with Crippen LogP contribution in [0.25, 0.3) is 0 Å². The van der Waals surface area contributed by atoms with Crippen LogP contribution < -0.4 is 4.74 Å². The molecule has 216 valence electrons. The number of hydrogen-bond acceptors (Lipinski definition) is 1. The van der Waals surface area contributed by atoms with Crippen molar-refractivity contribution in [1.82, 2.24) is 0 Å². The summed E-state index contributed by atoms with van der Waals surface area (Å²) in [4.78, 5) is 0. The first kappa shape index (κ1) is 34.0. The van der Waals surface area contributed by atoms with Gasteiger partial charge in [0.1, 0.15) is 5.75 Å². The fourth-order valence-corrected chi connectivity index (χ4v) is 5.72. The smallest absolute Gasteiger partial charge is 0.119 e. The molecule has 37 heavy (non-hydrogen) atoms. The van der Waals surface area contributed by atoms with Crippen molar-refractivity contribution >= 4 is 0 Å². The molecule has 0 heterocycles. The predicted octanol–water partition coefficient (Wildman–Crippen LogP) is 12.1. The van der Waals surface area contributed by atoms with E-state index in [4.69, 9.17) is 4.74 Å². The van der Waals surface area contributed by atoms with Crippen LogP contribution in [0.4, 0.5) is 0 Å². The third-order valence-corrected chi connectivity index (χ3v) is 8.58. The molecule has 0 N–H and O–H groups in total. The van der Waals surface area contributed by atoms with E-state index in [-0.39, 0.29) is 0 Å². The van der Waals surface area contributed by atoms with Crippen molar-refractivity contribution in [3.8, 4) is 5.75 Å². The normalized spacial score (nSPS) is 15.9. The lowest BCUT2D eigenvalue weighted by Crippen LogP contribution is -2.09. The highest BCUT2D eigenvalue weighted by molar-refractivity contribution is 5.20. The van der Waals surface area contributed by atoms with Crippen molar-refractivity contribution in [1.29, 1.82) is 0 Å². The summed E-state index contributed by atoms with van der Waals surface area (Å²) in [5.41, 5.74) is 0. The maximum Gasteiger partial charge on any atom is 0.119 e. The average Bonchev–Trinajstić information content (AvgIpc) is 2.86. The van der Waals surface area contributed by atoms with Gasteiger partial charge >= 0.3 is 0 Å². The van der Waals surface area contributed by atoms with Gasteiger partial charge in [-0.15, -0.1) is 0 Å². The Morgan fingerprint density at radius 2 is 0.784 bits per heavy atom. The third kappa shape index (κ3) is 20.6. The van der Waals surface area contributed by atoms with Crippen LogP contribution in [0.2, 0.25) is 0 Å². The number of para-hydroxylation sites is 1. The van der Waals surface area contributed by atoms with Gasteiger partial charge in [0.05, 0.1) is 6.61 Å². The van der Waals surface area contributed by atoms with Crippen molar-refractivity contribution in [2.75, 3.05) is 6.61 Å². The Labute approximate surface area is 233 Å². The molecule has 0 radical (unpaired) electrons. The van der Waals surface area contributed by atoms with E-state index in [0.29, 0.717) is 5.92 Å². The first-order chi connectivity index (χ1) is 17.8. The number of rotatable bonds is 24. The Morgan fingerprint density at radius 3 is 1.19 bits per heavy atom. The minimum atomic E-state index is 0.637. The molecule has 1 rings (SSSR count). The standard InChI is InChI=1S/C36H66O/c1-30(2)17-13-20-33(5)23-14-21-31(3)18-11-12-19-32(4)22-15-24-34(6)25-16-26-35(7)29-37-36-27-9-8-10-28-36/h8-10,27-28,30-35H,11-26,29H2,1-7H3. The van der Waals surface area contributed by atoms with Gasteiger partial charge in [-0.2, -0.15) is 0 Å². The summed E-state index contributed by atoms with van der Waals surface area (Å²) in [5, 5.41) is 0. The van der Waals surface area contributed by atoms with E-state index in [1.165, 1.54) is 103 Å². The van der Waals surface area contributed by atoms with E-state index in [2.05, 4.69) is 60.6 Å². The minimum Gasteiger partial charge on any atom is -0.493 e. The van der Waals surface area contributed by atoms with Gasteiger partial charge in [-0.05, 0) is 54.1 Å². The lowest BCUT2D eigenvalue weighted by Gasteiger charge is -2.17. The molecule has 1 nitrogen and oxygen atoms in total. The van der Waals surface area contributed by atoms with E-state index < -0.39 is 0 Å². The van der Waals surface area contributed by atoms with Crippen molar-refractivity contribution in [3.63, 3.8) is 0 Å². The zero-order valence-electron chi connectivity index (χ0n) is 26.3. The molecule has 0 saturated carbocycles. The molecular formula is C36H66O. The highest BCUT2D eigenvalue weighted by Crippen LogP contribution is 2.24. The molecule has 1 heteroatoms. The Hall–Kier alpha value is -0.980. The Bertz CT molecular complexity index is 608. The summed E-state index contributed by atoms with van der Waals surface area (Å²) < 4.78 is 5.91. The topological polar surface area (TPSA) is 9.23 Å². The lowest BCUT2D eigenvalue weighted by atomic mass is 9.90. The zero-order valence-corrected chi connectivity index (χ0v) is 26.3. The quantitative estimate of drug-likeness (QED) is 0.125. The second-order valence-electron chi connectivity index (χ2n) is 13.6. The summed E-state index contributed by atoms with van der Waals surface area (Å²) in [6.07, 6.45) is 22.6. The molecule has 1 aromatic rings. The van der Waals surface area contributed by atoms with E-state index in [1.807, 2.05) is 18.2 Å². The summed E-state index contributed by atoms with van der Waals surface area (Å²) in [7, 11) is 0. The number of ether oxygens (including phenoxy) is 1. The van der Waals surface area contributed by atoms with Crippen LogP contribution in [0.1, 0.15) is 151 Å². The average molecular weight is 515 g/mol. The third-order valence-electron chi connectivity index (χ3n) is 8.58. The first-order valence-electron chi connectivity index (χ1n) is 16.4. The van der Waals surface area contributed by atoms with Crippen LogP contribution in [0.3, 0.4) is 0 Å². The lowest BCUT2D eigenvalue weighted by molar-refractivity contribution is 0.246. The van der Waals surface area contributed by atoms with E-state index >= 15 is 0 Å². The molecule has 0 bridgehead atoms. The van der Waals surface area contributed by atoms with Crippen molar-refractivity contribution in [2.24, 2.45) is 35.5 Å². The highest BCUT2D eigenvalue weighted by atomic mass is 16.5. The van der Waals surface area contributed by atoms with Gasteiger partial charge in [-0.1, -0.05) is 163 Å². The molecule has 0 aliphatic rings. The fourth-order valence-electron chi connectivity index (χ4n) is 5.72. The Morgan fingerprint density at radius 1 is 0.432 bits per heavy atom. The molecule has 1 aromatic carbocycles. The fraction of sp³-hybridized carbons (Fsp3) is 0.833.